The van der Waals surface area contributed by atoms with Crippen molar-refractivity contribution < 1.29 is 23.8 Å². The number of ether oxygens (including phenoxy) is 1. The number of hydrogen-bond donors (Lipinski definition) is 0. The SMILES string of the molecule is CC(=O)OC(CF)([N+](=O)[O-])[N+](=O)[O-]. The molecular weight excluding hydrogens is 191 g/mol. The Labute approximate surface area is 70.6 Å². The molecule has 0 bridgehead atoms. The highest BCUT2D eigenvalue weighted by molar-refractivity contribution is 5.66. The lowest BCUT2D eigenvalue weighted by Crippen LogP contribution is -2.51. The lowest BCUT2D eigenvalue weighted by Gasteiger charge is -2.11. The van der Waals surface area contributed by atoms with E-state index in [1.807, 2.05) is 0 Å². The van der Waals surface area contributed by atoms with E-state index in [-0.39, 0.29) is 0 Å². The predicted octanol–water partition coefficient (Wildman–Crippen LogP) is -0.274. The Bertz CT molecular complexity index is 239. The van der Waals surface area contributed by atoms with Crippen molar-refractivity contribution in [2.24, 2.45) is 0 Å². The molecule has 0 aliphatic heterocycles. The number of halogens is 1. The van der Waals surface area contributed by atoms with E-state index >= 15 is 0 Å². The van der Waals surface area contributed by atoms with Crippen molar-refractivity contribution in [3.63, 3.8) is 0 Å². The van der Waals surface area contributed by atoms with Gasteiger partial charge in [0.25, 0.3) is 6.67 Å². The fourth-order valence-corrected chi connectivity index (χ4v) is 0.496. The fraction of sp³-hybridized carbons (Fsp3) is 0.750. The molecule has 0 radical (unpaired) electrons. The largest absolute Gasteiger partial charge is 0.651 e. The van der Waals surface area contributed by atoms with Crippen LogP contribution in [0.1, 0.15) is 6.92 Å². The standard InChI is InChI=1S/C4H5FN2O6/c1-3(8)13-4(2-5,6(9)10)7(11)12/h2H2,1H3. The summed E-state index contributed by atoms with van der Waals surface area (Å²) in [4.78, 5) is 27.2. The molecule has 0 aromatic rings. The molecule has 8 nitrogen and oxygen atoms in total. The first-order chi connectivity index (χ1) is 5.86. The molecule has 0 aliphatic rings. The molecule has 0 aromatic heterocycles. The summed E-state index contributed by atoms with van der Waals surface area (Å²) in [7, 11) is 0. The number of hydrogen-bond acceptors (Lipinski definition) is 6. The first-order valence-corrected chi connectivity index (χ1v) is 2.91. The molecule has 0 spiro atoms. The van der Waals surface area contributed by atoms with Crippen LogP contribution in [0.5, 0.6) is 0 Å². The summed E-state index contributed by atoms with van der Waals surface area (Å²) < 4.78 is 15.7. The molecule has 13 heavy (non-hydrogen) atoms. The first-order valence-electron chi connectivity index (χ1n) is 2.91. The molecule has 0 N–H and O–H groups in total. The van der Waals surface area contributed by atoms with Gasteiger partial charge in [-0.1, -0.05) is 0 Å². The van der Waals surface area contributed by atoms with Crippen LogP contribution in [-0.4, -0.2) is 28.3 Å². The second kappa shape index (κ2) is 3.74. The van der Waals surface area contributed by atoms with Crippen LogP contribution in [0, 0.1) is 20.2 Å². The zero-order chi connectivity index (χ0) is 10.6. The Morgan fingerprint density at radius 1 is 1.46 bits per heavy atom. The average molecular weight is 196 g/mol. The number of nitrogens with zero attached hydrogens (tertiary/aromatic N) is 2. The third kappa shape index (κ3) is 2.07. The van der Waals surface area contributed by atoms with E-state index in [2.05, 4.69) is 4.74 Å². The summed E-state index contributed by atoms with van der Waals surface area (Å²) in [6.45, 7) is -1.32. The van der Waals surface area contributed by atoms with Crippen molar-refractivity contribution in [3.8, 4) is 0 Å². The highest BCUT2D eigenvalue weighted by atomic mass is 19.1. The summed E-state index contributed by atoms with van der Waals surface area (Å²) >= 11 is 0. The van der Waals surface area contributed by atoms with E-state index in [9.17, 15) is 29.4 Å². The van der Waals surface area contributed by atoms with Crippen molar-refractivity contribution in [1.82, 2.24) is 0 Å². The van der Waals surface area contributed by atoms with Crippen LogP contribution in [0.4, 0.5) is 4.39 Å². The van der Waals surface area contributed by atoms with Gasteiger partial charge in [0.05, 0.1) is 0 Å². The molecule has 0 rings (SSSR count). The van der Waals surface area contributed by atoms with E-state index in [1.165, 1.54) is 0 Å². The Hall–Kier alpha value is -1.80. The molecule has 0 fully saturated rings. The number of rotatable bonds is 4. The number of carbonyl (C=O) groups excluding carboxylic acids is 1. The molecule has 74 valence electrons. The van der Waals surface area contributed by atoms with Crippen LogP contribution in [0.25, 0.3) is 0 Å². The van der Waals surface area contributed by atoms with Crippen molar-refractivity contribution in [2.45, 2.75) is 12.8 Å². The molecule has 0 aromatic carbocycles. The van der Waals surface area contributed by atoms with Crippen LogP contribution in [-0.2, 0) is 9.53 Å². The van der Waals surface area contributed by atoms with Crippen LogP contribution < -0.4 is 0 Å². The van der Waals surface area contributed by atoms with E-state index < -0.39 is 28.3 Å². The molecule has 0 unspecified atom stereocenters. The molecule has 0 heterocycles. The van der Waals surface area contributed by atoms with Crippen LogP contribution in [0.15, 0.2) is 0 Å². The van der Waals surface area contributed by atoms with Gasteiger partial charge in [-0.05, 0) is 0 Å². The Morgan fingerprint density at radius 2 is 1.85 bits per heavy atom. The second-order valence-electron chi connectivity index (χ2n) is 1.98. The van der Waals surface area contributed by atoms with E-state index in [1.54, 1.807) is 0 Å². The maximum Gasteiger partial charge on any atom is 0.651 e. The maximum atomic E-state index is 12.0. The summed E-state index contributed by atoms with van der Waals surface area (Å²) in [5, 5.41) is 20.2. The summed E-state index contributed by atoms with van der Waals surface area (Å²) in [6, 6.07) is 0. The topological polar surface area (TPSA) is 113 Å². The fourth-order valence-electron chi connectivity index (χ4n) is 0.496. The molecule has 9 heteroatoms. The zero-order valence-corrected chi connectivity index (χ0v) is 6.43. The Balaban J connectivity index is 4.98. The van der Waals surface area contributed by atoms with E-state index in [0.717, 1.165) is 0 Å². The quantitative estimate of drug-likeness (QED) is 0.264. The summed E-state index contributed by atoms with van der Waals surface area (Å²) in [5.74, 6) is -4.81. The Kier molecular flexibility index (Phi) is 3.22. The minimum absolute atomic E-state index is 0.706. The smallest absolute Gasteiger partial charge is 0.336 e. The number of nitro groups is 2. The lowest BCUT2D eigenvalue weighted by molar-refractivity contribution is -0.843. The van der Waals surface area contributed by atoms with Crippen molar-refractivity contribution in [1.29, 1.82) is 0 Å². The monoisotopic (exact) mass is 196 g/mol. The van der Waals surface area contributed by atoms with Gasteiger partial charge in [-0.2, -0.15) is 0 Å². The van der Waals surface area contributed by atoms with Gasteiger partial charge in [-0.25, -0.2) is 4.39 Å². The highest BCUT2D eigenvalue weighted by Crippen LogP contribution is 2.14. The van der Waals surface area contributed by atoms with Gasteiger partial charge in [0, 0.05) is 6.92 Å². The number of esters is 1. The molecule has 0 saturated carbocycles. The van der Waals surface area contributed by atoms with Gasteiger partial charge in [-0.15, -0.1) is 0 Å². The minimum atomic E-state index is -3.51. The van der Waals surface area contributed by atoms with E-state index in [4.69, 9.17) is 0 Å². The minimum Gasteiger partial charge on any atom is -0.336 e. The summed E-state index contributed by atoms with van der Waals surface area (Å²) in [5.41, 5.74) is 0. The number of carbonyl (C=O) groups is 1. The Morgan fingerprint density at radius 3 is 1.92 bits per heavy atom. The van der Waals surface area contributed by atoms with Gasteiger partial charge in [0.2, 0.25) is 0 Å². The summed E-state index contributed by atoms with van der Waals surface area (Å²) in [6.07, 6.45) is 0. The van der Waals surface area contributed by atoms with Gasteiger partial charge in [0.15, 0.2) is 0 Å². The van der Waals surface area contributed by atoms with Crippen molar-refractivity contribution in [3.05, 3.63) is 20.2 Å². The molecule has 0 aliphatic carbocycles. The van der Waals surface area contributed by atoms with Gasteiger partial charge < -0.3 is 4.74 Å². The number of alkyl halides is 1. The maximum absolute atomic E-state index is 12.0. The third-order valence-electron chi connectivity index (χ3n) is 1.05. The average Bonchev–Trinajstić information content (AvgIpc) is 1.98. The van der Waals surface area contributed by atoms with E-state index in [0.29, 0.717) is 6.92 Å². The van der Waals surface area contributed by atoms with Crippen LogP contribution >= 0.6 is 0 Å². The molecule has 0 atom stereocenters. The lowest BCUT2D eigenvalue weighted by atomic mass is 10.5. The van der Waals surface area contributed by atoms with Crippen LogP contribution in [0.2, 0.25) is 0 Å². The van der Waals surface area contributed by atoms with Gasteiger partial charge >= 0.3 is 11.8 Å². The normalized spacial score (nSPS) is 10.6. The van der Waals surface area contributed by atoms with Crippen LogP contribution in [0.3, 0.4) is 0 Å². The van der Waals surface area contributed by atoms with Crippen molar-refractivity contribution in [2.75, 3.05) is 6.67 Å². The molecule has 0 saturated heterocycles. The highest BCUT2D eigenvalue weighted by Gasteiger charge is 2.61. The van der Waals surface area contributed by atoms with Crippen molar-refractivity contribution >= 4 is 5.97 Å². The molecular formula is C4H5FN2O6. The predicted molar refractivity (Wildman–Crippen MR) is 34.5 cm³/mol. The first kappa shape index (κ1) is 11.2. The molecule has 0 amide bonds. The third-order valence-corrected chi connectivity index (χ3v) is 1.05. The second-order valence-corrected chi connectivity index (χ2v) is 1.98. The van der Waals surface area contributed by atoms with Gasteiger partial charge in [-0.3, -0.25) is 25.0 Å². The van der Waals surface area contributed by atoms with Gasteiger partial charge in [0.1, 0.15) is 9.85 Å². The zero-order valence-electron chi connectivity index (χ0n) is 6.43.